The van der Waals surface area contributed by atoms with E-state index in [1.807, 2.05) is 30.5 Å². The van der Waals surface area contributed by atoms with Gasteiger partial charge in [-0.05, 0) is 29.7 Å². The van der Waals surface area contributed by atoms with Crippen LogP contribution in [0, 0.1) is 0 Å². The molecular weight excluding hydrogens is 448 g/mol. The number of amides is 2. The lowest BCUT2D eigenvalue weighted by Gasteiger charge is -2.09. The first-order chi connectivity index (χ1) is 16.8. The van der Waals surface area contributed by atoms with Crippen LogP contribution in [0.5, 0.6) is 5.75 Å². The molecule has 3 aromatic heterocycles. The highest BCUT2D eigenvalue weighted by atomic mass is 16.5. The molecule has 182 valence electrons. The summed E-state index contributed by atoms with van der Waals surface area (Å²) >= 11 is 0. The van der Waals surface area contributed by atoms with Gasteiger partial charge >= 0.3 is 0 Å². The smallest absolute Gasteiger partial charge is 0.276 e. The van der Waals surface area contributed by atoms with Gasteiger partial charge in [-0.1, -0.05) is 26.0 Å². The average Bonchev–Trinajstić information content (AvgIpc) is 3.57. The molecule has 0 aliphatic carbocycles. The van der Waals surface area contributed by atoms with Crippen molar-refractivity contribution in [1.29, 1.82) is 0 Å². The molecule has 0 saturated carbocycles. The molecule has 35 heavy (non-hydrogen) atoms. The number of nitrogens with zero attached hydrogens (tertiary/aromatic N) is 6. The fraction of sp³-hybridized carbons (Fsp3) is 0.292. The van der Waals surface area contributed by atoms with E-state index in [1.54, 1.807) is 37.2 Å². The molecule has 0 bridgehead atoms. The van der Waals surface area contributed by atoms with Gasteiger partial charge in [-0.15, -0.1) is 0 Å². The van der Waals surface area contributed by atoms with Crippen molar-refractivity contribution in [3.05, 3.63) is 77.6 Å². The van der Waals surface area contributed by atoms with Crippen molar-refractivity contribution in [1.82, 2.24) is 34.7 Å². The molecular formula is C24H28N8O3. The van der Waals surface area contributed by atoms with Gasteiger partial charge in [-0.3, -0.25) is 19.0 Å². The van der Waals surface area contributed by atoms with Gasteiger partial charge in [0.1, 0.15) is 11.4 Å². The van der Waals surface area contributed by atoms with Crippen LogP contribution < -0.4 is 15.4 Å². The number of carbonyl (C=O) groups excluding carboxylic acids is 2. The topological polar surface area (TPSA) is 121 Å². The molecule has 11 heteroatoms. The van der Waals surface area contributed by atoms with Crippen LogP contribution in [0.25, 0.3) is 0 Å². The molecule has 1 aromatic carbocycles. The van der Waals surface area contributed by atoms with E-state index in [2.05, 4.69) is 39.8 Å². The number of rotatable bonds is 9. The van der Waals surface area contributed by atoms with E-state index >= 15 is 0 Å². The maximum atomic E-state index is 12.8. The van der Waals surface area contributed by atoms with Crippen LogP contribution in [-0.4, -0.2) is 41.2 Å². The van der Waals surface area contributed by atoms with E-state index in [-0.39, 0.29) is 29.7 Å². The summed E-state index contributed by atoms with van der Waals surface area (Å²) in [7, 11) is 3.44. The van der Waals surface area contributed by atoms with Crippen molar-refractivity contribution < 1.29 is 14.3 Å². The van der Waals surface area contributed by atoms with E-state index in [0.717, 1.165) is 5.56 Å². The van der Waals surface area contributed by atoms with Gasteiger partial charge in [0.15, 0.2) is 12.4 Å². The second-order valence-corrected chi connectivity index (χ2v) is 8.43. The van der Waals surface area contributed by atoms with Crippen LogP contribution in [0.1, 0.15) is 51.9 Å². The predicted octanol–water partition coefficient (Wildman–Crippen LogP) is 2.69. The number of ether oxygens (including phenoxy) is 1. The van der Waals surface area contributed by atoms with Gasteiger partial charge < -0.3 is 15.4 Å². The first kappa shape index (κ1) is 23.7. The zero-order chi connectivity index (χ0) is 24.9. The first-order valence-corrected chi connectivity index (χ1v) is 11.2. The average molecular weight is 477 g/mol. The molecule has 0 saturated heterocycles. The standard InChI is InChI=1S/C24H28N8O3/c1-16(2)18-5-7-19(8-6-18)35-15-32-10-9-20(29-32)23(33)28-21-13-27-31(4)22(21)24(34)25-11-17-12-26-30(3)14-17/h5-10,12-14,16H,11,15H2,1-4H3,(H,25,34)(H,28,33). The van der Waals surface area contributed by atoms with Gasteiger partial charge in [0.2, 0.25) is 0 Å². The molecule has 3 heterocycles. The van der Waals surface area contributed by atoms with E-state index in [4.69, 9.17) is 4.74 Å². The van der Waals surface area contributed by atoms with Crippen LogP contribution >= 0.6 is 0 Å². The number of anilines is 1. The molecule has 0 radical (unpaired) electrons. The van der Waals surface area contributed by atoms with Crippen LogP contribution in [0.4, 0.5) is 5.69 Å². The number of hydrogen-bond acceptors (Lipinski definition) is 6. The number of carbonyl (C=O) groups is 2. The third-order valence-corrected chi connectivity index (χ3v) is 5.40. The molecule has 0 unspecified atom stereocenters. The molecule has 11 nitrogen and oxygen atoms in total. The van der Waals surface area contributed by atoms with Crippen LogP contribution in [0.15, 0.2) is 55.1 Å². The fourth-order valence-electron chi connectivity index (χ4n) is 3.46. The Morgan fingerprint density at radius 1 is 1.03 bits per heavy atom. The minimum atomic E-state index is -0.459. The van der Waals surface area contributed by atoms with E-state index in [9.17, 15) is 9.59 Å². The maximum Gasteiger partial charge on any atom is 0.276 e. The lowest BCUT2D eigenvalue weighted by Crippen LogP contribution is -2.26. The van der Waals surface area contributed by atoms with E-state index in [0.29, 0.717) is 18.2 Å². The van der Waals surface area contributed by atoms with Crippen molar-refractivity contribution in [3.63, 3.8) is 0 Å². The Morgan fingerprint density at radius 3 is 2.49 bits per heavy atom. The Hall–Kier alpha value is -4.41. The summed E-state index contributed by atoms with van der Waals surface area (Å²) < 4.78 is 10.3. The highest BCUT2D eigenvalue weighted by molar-refractivity contribution is 6.07. The largest absolute Gasteiger partial charge is 0.471 e. The predicted molar refractivity (Wildman–Crippen MR) is 129 cm³/mol. The van der Waals surface area contributed by atoms with Crippen LogP contribution in [0.2, 0.25) is 0 Å². The van der Waals surface area contributed by atoms with Gasteiger partial charge in [0.25, 0.3) is 11.8 Å². The van der Waals surface area contributed by atoms with Crippen molar-refractivity contribution in [3.8, 4) is 5.75 Å². The summed E-state index contributed by atoms with van der Waals surface area (Å²) in [5, 5.41) is 18.0. The Labute approximate surface area is 202 Å². The normalized spacial score (nSPS) is 11.0. The molecule has 0 aliphatic rings. The quantitative estimate of drug-likeness (QED) is 0.383. The second-order valence-electron chi connectivity index (χ2n) is 8.43. The van der Waals surface area contributed by atoms with Crippen molar-refractivity contribution in [2.45, 2.75) is 33.0 Å². The Kier molecular flexibility index (Phi) is 6.95. The molecule has 2 N–H and O–H groups in total. The third kappa shape index (κ3) is 5.75. The Balaban J connectivity index is 1.35. The summed E-state index contributed by atoms with van der Waals surface area (Å²) in [5.74, 6) is 0.336. The molecule has 0 atom stereocenters. The number of nitrogens with one attached hydrogen (secondary N) is 2. The van der Waals surface area contributed by atoms with Crippen LogP contribution in [0.3, 0.4) is 0 Å². The highest BCUT2D eigenvalue weighted by Gasteiger charge is 2.20. The molecule has 0 spiro atoms. The first-order valence-electron chi connectivity index (χ1n) is 11.2. The number of aryl methyl sites for hydroxylation is 2. The summed E-state index contributed by atoms with van der Waals surface area (Å²) in [6.07, 6.45) is 6.57. The maximum absolute atomic E-state index is 12.8. The van der Waals surface area contributed by atoms with Gasteiger partial charge in [0, 0.05) is 38.6 Å². The Bertz CT molecular complexity index is 1320. The minimum absolute atomic E-state index is 0.156. The lowest BCUT2D eigenvalue weighted by molar-refractivity contribution is 0.0942. The zero-order valence-corrected chi connectivity index (χ0v) is 20.1. The summed E-state index contributed by atoms with van der Waals surface area (Å²) in [4.78, 5) is 25.5. The van der Waals surface area contributed by atoms with Gasteiger partial charge in [-0.25, -0.2) is 4.68 Å². The molecule has 0 fully saturated rings. The monoisotopic (exact) mass is 476 g/mol. The molecule has 4 rings (SSSR count). The molecule has 0 aliphatic heterocycles. The van der Waals surface area contributed by atoms with Crippen LogP contribution in [-0.2, 0) is 27.4 Å². The zero-order valence-electron chi connectivity index (χ0n) is 20.1. The summed E-state index contributed by atoms with van der Waals surface area (Å²) in [6, 6.07) is 9.46. The molecule has 4 aromatic rings. The summed E-state index contributed by atoms with van der Waals surface area (Å²) in [6.45, 7) is 4.73. The third-order valence-electron chi connectivity index (χ3n) is 5.40. The fourth-order valence-corrected chi connectivity index (χ4v) is 3.46. The number of hydrogen-bond donors (Lipinski definition) is 2. The van der Waals surface area contributed by atoms with Crippen molar-refractivity contribution >= 4 is 17.5 Å². The SMILES string of the molecule is CC(C)c1ccc(OCn2ccc(C(=O)Nc3cnn(C)c3C(=O)NCc3cnn(C)c3)n2)cc1. The Morgan fingerprint density at radius 2 is 1.80 bits per heavy atom. The number of benzene rings is 1. The summed E-state index contributed by atoms with van der Waals surface area (Å²) in [5.41, 5.74) is 2.80. The van der Waals surface area contributed by atoms with Gasteiger partial charge in [-0.2, -0.15) is 15.3 Å². The van der Waals surface area contributed by atoms with E-state index in [1.165, 1.54) is 21.1 Å². The highest BCUT2D eigenvalue weighted by Crippen LogP contribution is 2.19. The lowest BCUT2D eigenvalue weighted by atomic mass is 10.0. The molecule has 2 amide bonds. The number of aromatic nitrogens is 6. The minimum Gasteiger partial charge on any atom is -0.471 e. The van der Waals surface area contributed by atoms with E-state index < -0.39 is 5.91 Å². The second kappa shape index (κ2) is 10.2. The van der Waals surface area contributed by atoms with Crippen molar-refractivity contribution in [2.75, 3.05) is 5.32 Å². The van der Waals surface area contributed by atoms with Gasteiger partial charge in [0.05, 0.1) is 18.1 Å². The van der Waals surface area contributed by atoms with Crippen molar-refractivity contribution in [2.24, 2.45) is 14.1 Å².